The summed E-state index contributed by atoms with van der Waals surface area (Å²) in [6.07, 6.45) is 1.40. The monoisotopic (exact) mass is 386 g/mol. The van der Waals surface area contributed by atoms with Crippen molar-refractivity contribution in [2.45, 2.75) is 13.8 Å². The number of nitro benzene ring substituents is 2. The van der Waals surface area contributed by atoms with Gasteiger partial charge in [-0.25, -0.2) is 9.59 Å². The first-order valence-corrected chi connectivity index (χ1v) is 7.79. The van der Waals surface area contributed by atoms with Gasteiger partial charge in [0.1, 0.15) is 0 Å². The zero-order valence-corrected chi connectivity index (χ0v) is 14.8. The van der Waals surface area contributed by atoms with Crippen LogP contribution in [0.2, 0.25) is 0 Å². The van der Waals surface area contributed by atoms with Crippen molar-refractivity contribution in [1.29, 1.82) is 0 Å². The number of hydrogen-bond acceptors (Lipinski definition) is 8. The van der Waals surface area contributed by atoms with Gasteiger partial charge in [0, 0.05) is 24.3 Å². The molecule has 0 unspecified atom stereocenters. The highest BCUT2D eigenvalue weighted by Crippen LogP contribution is 2.29. The Kier molecular flexibility index (Phi) is 6.17. The number of aryl methyl sites for hydroxylation is 2. The second kappa shape index (κ2) is 8.54. The quantitative estimate of drug-likeness (QED) is 0.242. The van der Waals surface area contributed by atoms with E-state index in [1.54, 1.807) is 13.8 Å². The molecule has 28 heavy (non-hydrogen) atoms. The van der Waals surface area contributed by atoms with Gasteiger partial charge in [-0.1, -0.05) is 12.1 Å². The lowest BCUT2D eigenvalue weighted by Crippen LogP contribution is -2.10. The first-order chi connectivity index (χ1) is 13.2. The Labute approximate surface area is 158 Å². The van der Waals surface area contributed by atoms with Crippen LogP contribution in [0.1, 0.15) is 11.1 Å². The number of rotatable bonds is 6. The van der Waals surface area contributed by atoms with E-state index < -0.39 is 33.2 Å². The fourth-order valence-electron chi connectivity index (χ4n) is 2.13. The van der Waals surface area contributed by atoms with Crippen molar-refractivity contribution in [3.05, 3.63) is 79.9 Å². The molecular formula is C18H14N2O8. The van der Waals surface area contributed by atoms with Gasteiger partial charge in [-0.2, -0.15) is 0 Å². The SMILES string of the molecule is Cc1ccc(OC(=O)C=CC(=O)Oc2ccc(C)cc2[N+](=O)[O-])c([N+](=O)[O-])c1. The zero-order valence-electron chi connectivity index (χ0n) is 14.8. The number of ether oxygens (including phenoxy) is 2. The standard InChI is InChI=1S/C18H14N2O8/c1-11-3-5-15(13(9-11)19(23)24)27-17(21)7-8-18(22)28-16-6-4-12(2)10-14(16)20(25)26/h3-10H,1-2H3. The summed E-state index contributed by atoms with van der Waals surface area (Å²) in [5.74, 6) is -2.68. The summed E-state index contributed by atoms with van der Waals surface area (Å²) in [6, 6.07) is 8.02. The van der Waals surface area contributed by atoms with E-state index >= 15 is 0 Å². The molecule has 0 spiro atoms. The van der Waals surface area contributed by atoms with E-state index in [9.17, 15) is 29.8 Å². The van der Waals surface area contributed by atoms with Gasteiger partial charge in [0.05, 0.1) is 9.85 Å². The molecular weight excluding hydrogens is 372 g/mol. The highest BCUT2D eigenvalue weighted by Gasteiger charge is 2.19. The van der Waals surface area contributed by atoms with Crippen LogP contribution in [-0.2, 0) is 9.59 Å². The number of nitro groups is 2. The molecule has 10 heteroatoms. The van der Waals surface area contributed by atoms with Gasteiger partial charge in [0.25, 0.3) is 0 Å². The van der Waals surface area contributed by atoms with Crippen molar-refractivity contribution >= 4 is 23.3 Å². The second-order valence-corrected chi connectivity index (χ2v) is 5.63. The van der Waals surface area contributed by atoms with Crippen LogP contribution >= 0.6 is 0 Å². The van der Waals surface area contributed by atoms with Crippen molar-refractivity contribution in [3.63, 3.8) is 0 Å². The van der Waals surface area contributed by atoms with Crippen LogP contribution in [0.4, 0.5) is 11.4 Å². The lowest BCUT2D eigenvalue weighted by Gasteiger charge is -2.04. The number of carbonyl (C=O) groups is 2. The average molecular weight is 386 g/mol. The van der Waals surface area contributed by atoms with Gasteiger partial charge >= 0.3 is 23.3 Å². The lowest BCUT2D eigenvalue weighted by atomic mass is 10.2. The van der Waals surface area contributed by atoms with Crippen molar-refractivity contribution in [2.24, 2.45) is 0 Å². The van der Waals surface area contributed by atoms with E-state index in [1.807, 2.05) is 0 Å². The van der Waals surface area contributed by atoms with Crippen LogP contribution in [0.25, 0.3) is 0 Å². The molecule has 0 N–H and O–H groups in total. The molecule has 0 aromatic heterocycles. The third kappa shape index (κ3) is 5.21. The Bertz CT molecular complexity index is 918. The maximum absolute atomic E-state index is 11.8. The molecule has 0 fully saturated rings. The van der Waals surface area contributed by atoms with Gasteiger partial charge < -0.3 is 9.47 Å². The van der Waals surface area contributed by atoms with E-state index in [-0.39, 0.29) is 11.5 Å². The summed E-state index contributed by atoms with van der Waals surface area (Å²) >= 11 is 0. The van der Waals surface area contributed by atoms with E-state index in [2.05, 4.69) is 0 Å². The molecule has 0 aliphatic carbocycles. The van der Waals surface area contributed by atoms with Crippen LogP contribution in [0.5, 0.6) is 11.5 Å². The maximum atomic E-state index is 11.8. The molecule has 0 radical (unpaired) electrons. The van der Waals surface area contributed by atoms with Crippen molar-refractivity contribution in [1.82, 2.24) is 0 Å². The van der Waals surface area contributed by atoms with Crippen molar-refractivity contribution < 1.29 is 28.9 Å². The Hall–Kier alpha value is -4.08. The molecule has 0 atom stereocenters. The van der Waals surface area contributed by atoms with Crippen LogP contribution in [-0.4, -0.2) is 21.8 Å². The number of esters is 2. The highest BCUT2D eigenvalue weighted by atomic mass is 16.6. The molecule has 144 valence electrons. The number of carbonyl (C=O) groups excluding carboxylic acids is 2. The summed E-state index contributed by atoms with van der Waals surface area (Å²) in [4.78, 5) is 44.2. The average Bonchev–Trinajstić information content (AvgIpc) is 2.62. The third-order valence-electron chi connectivity index (χ3n) is 3.40. The van der Waals surface area contributed by atoms with Crippen LogP contribution in [0, 0.1) is 34.1 Å². The number of nitrogens with zero attached hydrogens (tertiary/aromatic N) is 2. The molecule has 0 aliphatic rings. The Morgan fingerprint density at radius 1 is 0.786 bits per heavy atom. The molecule has 2 aromatic rings. The summed E-state index contributed by atoms with van der Waals surface area (Å²) in [7, 11) is 0. The van der Waals surface area contributed by atoms with E-state index in [0.29, 0.717) is 23.3 Å². The number of benzene rings is 2. The minimum atomic E-state index is -1.05. The normalized spacial score (nSPS) is 10.5. The first kappa shape index (κ1) is 20.2. The minimum Gasteiger partial charge on any atom is -0.416 e. The second-order valence-electron chi connectivity index (χ2n) is 5.63. The number of hydrogen-bond donors (Lipinski definition) is 0. The molecule has 10 nitrogen and oxygen atoms in total. The van der Waals surface area contributed by atoms with Crippen molar-refractivity contribution in [2.75, 3.05) is 0 Å². The van der Waals surface area contributed by atoms with Crippen LogP contribution in [0.15, 0.2) is 48.6 Å². The summed E-state index contributed by atoms with van der Waals surface area (Å²) in [5.41, 5.74) is 0.398. The van der Waals surface area contributed by atoms with Gasteiger partial charge in [-0.3, -0.25) is 20.2 Å². The van der Waals surface area contributed by atoms with E-state index in [1.165, 1.54) is 36.4 Å². The first-order valence-electron chi connectivity index (χ1n) is 7.79. The molecule has 0 bridgehead atoms. The summed E-state index contributed by atoms with van der Waals surface area (Å²) in [5, 5.41) is 22.0. The summed E-state index contributed by atoms with van der Waals surface area (Å²) in [6.45, 7) is 3.28. The Morgan fingerprint density at radius 3 is 1.46 bits per heavy atom. The molecule has 0 heterocycles. The van der Waals surface area contributed by atoms with Crippen molar-refractivity contribution in [3.8, 4) is 11.5 Å². The highest BCUT2D eigenvalue weighted by molar-refractivity contribution is 5.93. The molecule has 0 amide bonds. The van der Waals surface area contributed by atoms with Gasteiger partial charge in [-0.05, 0) is 37.1 Å². The van der Waals surface area contributed by atoms with Gasteiger partial charge in [-0.15, -0.1) is 0 Å². The molecule has 0 saturated carbocycles. The third-order valence-corrected chi connectivity index (χ3v) is 3.40. The van der Waals surface area contributed by atoms with Crippen LogP contribution < -0.4 is 9.47 Å². The van der Waals surface area contributed by atoms with E-state index in [4.69, 9.17) is 9.47 Å². The largest absolute Gasteiger partial charge is 0.416 e. The predicted octanol–water partition coefficient (Wildman–Crippen LogP) is 3.19. The van der Waals surface area contributed by atoms with Crippen LogP contribution in [0.3, 0.4) is 0 Å². The Morgan fingerprint density at radius 2 is 1.14 bits per heavy atom. The molecule has 0 aliphatic heterocycles. The zero-order chi connectivity index (χ0) is 20.8. The van der Waals surface area contributed by atoms with Gasteiger partial charge in [0.15, 0.2) is 0 Å². The summed E-state index contributed by atoms with van der Waals surface area (Å²) < 4.78 is 9.71. The fraction of sp³-hybridized carbons (Fsp3) is 0.111. The smallest absolute Gasteiger partial charge is 0.336 e. The van der Waals surface area contributed by atoms with E-state index in [0.717, 1.165) is 0 Å². The molecule has 2 aromatic carbocycles. The molecule has 0 saturated heterocycles. The maximum Gasteiger partial charge on any atom is 0.336 e. The fourth-order valence-corrected chi connectivity index (χ4v) is 2.13. The lowest BCUT2D eigenvalue weighted by molar-refractivity contribution is -0.385. The molecule has 2 rings (SSSR count). The predicted molar refractivity (Wildman–Crippen MR) is 96.1 cm³/mol. The Balaban J connectivity index is 2.08. The topological polar surface area (TPSA) is 139 Å². The van der Waals surface area contributed by atoms with Gasteiger partial charge in [0.2, 0.25) is 11.5 Å². The minimum absolute atomic E-state index is 0.284.